The van der Waals surface area contributed by atoms with Gasteiger partial charge in [0, 0.05) is 32.2 Å². The zero-order chi connectivity index (χ0) is 12.1. The molecular weight excluding hydrogens is 224 g/mol. The van der Waals surface area contributed by atoms with Crippen molar-refractivity contribution in [2.45, 2.75) is 30.9 Å². The van der Waals surface area contributed by atoms with Crippen molar-refractivity contribution in [2.24, 2.45) is 5.73 Å². The monoisotopic (exact) mass is 244 g/mol. The Morgan fingerprint density at radius 1 is 1.53 bits per heavy atom. The fraction of sp³-hybridized carbons (Fsp3) is 0.909. The summed E-state index contributed by atoms with van der Waals surface area (Å²) in [5, 5.41) is 3.36. The van der Waals surface area contributed by atoms with E-state index in [9.17, 15) is 4.79 Å². The molecule has 2 fully saturated rings. The quantitative estimate of drug-likeness (QED) is 0.681. The van der Waals surface area contributed by atoms with Crippen LogP contribution in [0.3, 0.4) is 0 Å². The summed E-state index contributed by atoms with van der Waals surface area (Å²) >= 11 is 0. The van der Waals surface area contributed by atoms with Gasteiger partial charge in [-0.05, 0) is 12.8 Å². The highest BCUT2D eigenvalue weighted by Gasteiger charge is 2.40. The van der Waals surface area contributed by atoms with Gasteiger partial charge in [0.05, 0.1) is 12.2 Å². The second kappa shape index (κ2) is 5.66. The SMILES string of the molecule is NC(=O)OCCNC1CCOC2(CCOC2)C1. The number of hydrogen-bond donors (Lipinski definition) is 2. The number of hydrogen-bond acceptors (Lipinski definition) is 5. The minimum absolute atomic E-state index is 0.0829. The molecule has 0 aromatic rings. The van der Waals surface area contributed by atoms with Crippen molar-refractivity contribution < 1.29 is 19.0 Å². The Morgan fingerprint density at radius 2 is 2.41 bits per heavy atom. The first-order valence-corrected chi connectivity index (χ1v) is 6.08. The van der Waals surface area contributed by atoms with E-state index in [-0.39, 0.29) is 5.60 Å². The van der Waals surface area contributed by atoms with E-state index in [1.807, 2.05) is 0 Å². The Balaban J connectivity index is 1.68. The predicted molar refractivity (Wildman–Crippen MR) is 60.7 cm³/mol. The van der Waals surface area contributed by atoms with Crippen LogP contribution in [-0.2, 0) is 14.2 Å². The fourth-order valence-electron chi connectivity index (χ4n) is 2.48. The van der Waals surface area contributed by atoms with Crippen LogP contribution in [-0.4, -0.2) is 50.7 Å². The molecule has 2 unspecified atom stereocenters. The van der Waals surface area contributed by atoms with Gasteiger partial charge < -0.3 is 25.3 Å². The Hall–Kier alpha value is -0.850. The summed E-state index contributed by atoms with van der Waals surface area (Å²) in [4.78, 5) is 10.4. The molecule has 0 aromatic carbocycles. The van der Waals surface area contributed by atoms with Crippen LogP contribution < -0.4 is 11.1 Å². The van der Waals surface area contributed by atoms with Crippen molar-refractivity contribution in [3.63, 3.8) is 0 Å². The zero-order valence-corrected chi connectivity index (χ0v) is 9.94. The summed E-state index contributed by atoms with van der Waals surface area (Å²) in [7, 11) is 0. The van der Waals surface area contributed by atoms with Crippen molar-refractivity contribution in [1.29, 1.82) is 0 Å². The zero-order valence-electron chi connectivity index (χ0n) is 9.94. The van der Waals surface area contributed by atoms with Crippen molar-refractivity contribution in [3.05, 3.63) is 0 Å². The molecule has 98 valence electrons. The Kier molecular flexibility index (Phi) is 4.20. The number of rotatable bonds is 4. The van der Waals surface area contributed by atoms with Gasteiger partial charge >= 0.3 is 6.09 Å². The van der Waals surface area contributed by atoms with Crippen LogP contribution >= 0.6 is 0 Å². The largest absolute Gasteiger partial charge is 0.448 e. The summed E-state index contributed by atoms with van der Waals surface area (Å²) in [6, 6.07) is 0.405. The number of nitrogens with two attached hydrogens (primary N) is 1. The van der Waals surface area contributed by atoms with E-state index in [0.717, 1.165) is 32.5 Å². The number of amides is 1. The van der Waals surface area contributed by atoms with Crippen molar-refractivity contribution in [1.82, 2.24) is 5.32 Å². The third kappa shape index (κ3) is 3.55. The molecule has 17 heavy (non-hydrogen) atoms. The van der Waals surface area contributed by atoms with E-state index < -0.39 is 6.09 Å². The van der Waals surface area contributed by atoms with Gasteiger partial charge in [-0.2, -0.15) is 0 Å². The first-order chi connectivity index (χ1) is 8.20. The average Bonchev–Trinajstić information content (AvgIpc) is 2.73. The summed E-state index contributed by atoms with van der Waals surface area (Å²) in [5.74, 6) is 0. The molecule has 3 N–H and O–H groups in total. The maximum Gasteiger partial charge on any atom is 0.404 e. The molecule has 0 aliphatic carbocycles. The van der Waals surface area contributed by atoms with Gasteiger partial charge in [0.1, 0.15) is 6.61 Å². The third-order valence-electron chi connectivity index (χ3n) is 3.34. The standard InChI is InChI=1S/C11H20N2O4/c12-10(14)16-6-3-13-9-1-4-17-11(7-9)2-5-15-8-11/h9,13H,1-8H2,(H2,12,14). The van der Waals surface area contributed by atoms with Crippen LogP contribution in [0.4, 0.5) is 4.79 Å². The molecule has 2 aliphatic heterocycles. The predicted octanol–water partition coefficient (Wildman–Crippen LogP) is 0.00940. The van der Waals surface area contributed by atoms with Gasteiger partial charge in [-0.1, -0.05) is 0 Å². The highest BCUT2D eigenvalue weighted by Crippen LogP contribution is 2.32. The molecule has 2 atom stereocenters. The lowest BCUT2D eigenvalue weighted by molar-refractivity contribution is -0.0894. The molecular formula is C11H20N2O4. The van der Waals surface area contributed by atoms with E-state index in [2.05, 4.69) is 10.1 Å². The highest BCUT2D eigenvalue weighted by molar-refractivity contribution is 5.64. The summed E-state index contributed by atoms with van der Waals surface area (Å²) in [6.45, 7) is 3.19. The fourth-order valence-corrected chi connectivity index (χ4v) is 2.48. The lowest BCUT2D eigenvalue weighted by atomic mass is 9.90. The normalized spacial score (nSPS) is 32.8. The maximum atomic E-state index is 10.4. The number of ether oxygens (including phenoxy) is 3. The maximum absolute atomic E-state index is 10.4. The molecule has 0 radical (unpaired) electrons. The summed E-state index contributed by atoms with van der Waals surface area (Å²) in [6.07, 6.45) is 2.20. The van der Waals surface area contributed by atoms with Gasteiger partial charge in [-0.25, -0.2) is 4.79 Å². The first-order valence-electron chi connectivity index (χ1n) is 6.08. The van der Waals surface area contributed by atoms with Crippen LogP contribution in [0, 0.1) is 0 Å². The lowest BCUT2D eigenvalue weighted by Crippen LogP contribution is -2.48. The second-order valence-corrected chi connectivity index (χ2v) is 4.65. The molecule has 0 bridgehead atoms. The van der Waals surface area contributed by atoms with Crippen molar-refractivity contribution >= 4 is 6.09 Å². The molecule has 1 spiro atoms. The van der Waals surface area contributed by atoms with E-state index in [0.29, 0.717) is 25.8 Å². The number of carbonyl (C=O) groups is 1. The van der Waals surface area contributed by atoms with E-state index >= 15 is 0 Å². The highest BCUT2D eigenvalue weighted by atomic mass is 16.6. The minimum Gasteiger partial charge on any atom is -0.448 e. The number of nitrogens with one attached hydrogen (secondary N) is 1. The smallest absolute Gasteiger partial charge is 0.404 e. The lowest BCUT2D eigenvalue weighted by Gasteiger charge is -2.37. The van der Waals surface area contributed by atoms with Crippen LogP contribution in [0.5, 0.6) is 0 Å². The van der Waals surface area contributed by atoms with Crippen LogP contribution in [0.15, 0.2) is 0 Å². The Bertz CT molecular complexity index is 266. The first kappa shape index (κ1) is 12.6. The Morgan fingerprint density at radius 3 is 3.12 bits per heavy atom. The number of carbonyl (C=O) groups excluding carboxylic acids is 1. The molecule has 0 saturated carbocycles. The number of primary amides is 1. The van der Waals surface area contributed by atoms with Crippen molar-refractivity contribution in [2.75, 3.05) is 33.0 Å². The molecule has 2 rings (SSSR count). The van der Waals surface area contributed by atoms with Crippen molar-refractivity contribution in [3.8, 4) is 0 Å². The van der Waals surface area contributed by atoms with Crippen LogP contribution in [0.25, 0.3) is 0 Å². The van der Waals surface area contributed by atoms with Crippen LogP contribution in [0.2, 0.25) is 0 Å². The third-order valence-corrected chi connectivity index (χ3v) is 3.34. The molecule has 2 heterocycles. The summed E-state index contributed by atoms with van der Waals surface area (Å²) < 4.78 is 15.9. The molecule has 2 saturated heterocycles. The molecule has 6 nitrogen and oxygen atoms in total. The van der Waals surface area contributed by atoms with Gasteiger partial charge in [-0.3, -0.25) is 0 Å². The summed E-state index contributed by atoms with van der Waals surface area (Å²) in [5.41, 5.74) is 4.80. The average molecular weight is 244 g/mol. The van der Waals surface area contributed by atoms with Gasteiger partial charge in [-0.15, -0.1) is 0 Å². The van der Waals surface area contributed by atoms with Gasteiger partial charge in [0.25, 0.3) is 0 Å². The molecule has 2 aliphatic rings. The topological polar surface area (TPSA) is 82.8 Å². The molecule has 1 amide bonds. The van der Waals surface area contributed by atoms with E-state index in [1.165, 1.54) is 0 Å². The minimum atomic E-state index is -0.723. The van der Waals surface area contributed by atoms with E-state index in [4.69, 9.17) is 15.2 Å². The molecule has 0 aromatic heterocycles. The Labute approximate surface area is 101 Å². The van der Waals surface area contributed by atoms with Gasteiger partial charge in [0.15, 0.2) is 0 Å². The second-order valence-electron chi connectivity index (χ2n) is 4.65. The van der Waals surface area contributed by atoms with Gasteiger partial charge in [0.2, 0.25) is 0 Å². The van der Waals surface area contributed by atoms with E-state index in [1.54, 1.807) is 0 Å². The van der Waals surface area contributed by atoms with Crippen LogP contribution in [0.1, 0.15) is 19.3 Å². The molecule has 6 heteroatoms.